The summed E-state index contributed by atoms with van der Waals surface area (Å²) in [6.07, 6.45) is -0.0616. The average Bonchev–Trinajstić information content (AvgIpc) is 2.74. The molecule has 2 atom stereocenters. The summed E-state index contributed by atoms with van der Waals surface area (Å²) in [5.74, 6) is 0.679. The van der Waals surface area contributed by atoms with Gasteiger partial charge in [-0.3, -0.25) is 4.79 Å². The Bertz CT molecular complexity index is 933. The third kappa shape index (κ3) is 4.74. The van der Waals surface area contributed by atoms with E-state index in [1.165, 1.54) is 27.8 Å². The highest BCUT2D eigenvalue weighted by atomic mass is 16.5. The fourth-order valence-electron chi connectivity index (χ4n) is 4.13. The van der Waals surface area contributed by atoms with Crippen molar-refractivity contribution in [2.75, 3.05) is 19.8 Å². The molecule has 0 fully saturated rings. The fraction of sp³-hybridized carbons (Fsp3) is 0.400. The molecule has 0 aromatic heterocycles. The number of aryl methyl sites for hydroxylation is 2. The lowest BCUT2D eigenvalue weighted by molar-refractivity contribution is -0.130. The van der Waals surface area contributed by atoms with E-state index in [1.807, 2.05) is 29.2 Å². The Hall–Kier alpha value is -2.63. The number of hydrogen-bond donors (Lipinski definition) is 2. The first kappa shape index (κ1) is 22.1. The van der Waals surface area contributed by atoms with Gasteiger partial charge in [0.25, 0.3) is 0 Å². The smallest absolute Gasteiger partial charge is 0.220 e. The Balaban J connectivity index is 1.96. The SMILES string of the molecule is CC(=O)N1CCC(c2cc(C)ccc2C)=C(C)C1c1ccc(OCC(O)CO)cc1. The first-order valence-corrected chi connectivity index (χ1v) is 10.4. The molecule has 1 amide bonds. The molecule has 0 saturated carbocycles. The number of benzene rings is 2. The summed E-state index contributed by atoms with van der Waals surface area (Å²) in [6.45, 7) is 8.37. The Morgan fingerprint density at radius 2 is 1.87 bits per heavy atom. The number of aliphatic hydroxyl groups is 2. The quantitative estimate of drug-likeness (QED) is 0.761. The molecule has 0 saturated heterocycles. The number of hydrogen-bond acceptors (Lipinski definition) is 4. The molecule has 5 nitrogen and oxygen atoms in total. The van der Waals surface area contributed by atoms with Crippen molar-refractivity contribution < 1.29 is 19.7 Å². The normalized spacial score (nSPS) is 17.8. The molecule has 160 valence electrons. The first-order chi connectivity index (χ1) is 14.3. The standard InChI is InChI=1S/C25H31NO4/c1-16-5-6-17(2)24(13-16)23-11-12-26(19(4)28)25(18(23)3)20-7-9-22(10-8-20)30-15-21(29)14-27/h5-10,13,21,25,27,29H,11-12,14-15H2,1-4H3. The highest BCUT2D eigenvalue weighted by molar-refractivity contribution is 5.79. The van der Waals surface area contributed by atoms with E-state index in [0.717, 1.165) is 12.0 Å². The third-order valence-corrected chi connectivity index (χ3v) is 5.77. The number of amides is 1. The number of ether oxygens (including phenoxy) is 1. The summed E-state index contributed by atoms with van der Waals surface area (Å²) < 4.78 is 5.52. The molecule has 1 aliphatic heterocycles. The lowest BCUT2D eigenvalue weighted by Crippen LogP contribution is -2.38. The van der Waals surface area contributed by atoms with E-state index in [-0.39, 0.29) is 25.2 Å². The zero-order chi connectivity index (χ0) is 21.8. The van der Waals surface area contributed by atoms with Crippen LogP contribution in [-0.2, 0) is 4.79 Å². The van der Waals surface area contributed by atoms with Crippen LogP contribution in [0, 0.1) is 13.8 Å². The summed E-state index contributed by atoms with van der Waals surface area (Å²) in [4.78, 5) is 14.3. The van der Waals surface area contributed by atoms with Gasteiger partial charge in [-0.1, -0.05) is 35.9 Å². The van der Waals surface area contributed by atoms with Crippen LogP contribution < -0.4 is 4.74 Å². The number of rotatable bonds is 6. The number of aliphatic hydroxyl groups excluding tert-OH is 2. The number of carbonyl (C=O) groups excluding carboxylic acids is 1. The Morgan fingerprint density at radius 3 is 2.50 bits per heavy atom. The van der Waals surface area contributed by atoms with Crippen LogP contribution in [0.2, 0.25) is 0 Å². The average molecular weight is 410 g/mol. The lowest BCUT2D eigenvalue weighted by atomic mass is 9.84. The van der Waals surface area contributed by atoms with Crippen molar-refractivity contribution in [3.8, 4) is 5.75 Å². The summed E-state index contributed by atoms with van der Waals surface area (Å²) in [6, 6.07) is 14.0. The van der Waals surface area contributed by atoms with Gasteiger partial charge >= 0.3 is 0 Å². The number of carbonyl (C=O) groups is 1. The van der Waals surface area contributed by atoms with Crippen molar-refractivity contribution in [2.45, 2.75) is 46.3 Å². The van der Waals surface area contributed by atoms with Crippen LogP contribution in [0.15, 0.2) is 48.0 Å². The van der Waals surface area contributed by atoms with E-state index < -0.39 is 6.10 Å². The van der Waals surface area contributed by atoms with Gasteiger partial charge in [0.1, 0.15) is 18.5 Å². The largest absolute Gasteiger partial charge is 0.491 e. The second-order valence-electron chi connectivity index (χ2n) is 8.06. The molecular weight excluding hydrogens is 378 g/mol. The molecule has 0 aliphatic carbocycles. The van der Waals surface area contributed by atoms with Gasteiger partial charge in [-0.25, -0.2) is 0 Å². The molecule has 2 N–H and O–H groups in total. The minimum absolute atomic E-state index is 0.0363. The highest BCUT2D eigenvalue weighted by Gasteiger charge is 2.31. The zero-order valence-corrected chi connectivity index (χ0v) is 18.2. The van der Waals surface area contributed by atoms with Crippen molar-refractivity contribution in [3.05, 3.63) is 70.3 Å². The molecule has 1 aliphatic rings. The van der Waals surface area contributed by atoms with Crippen molar-refractivity contribution in [2.24, 2.45) is 0 Å². The van der Waals surface area contributed by atoms with Gasteiger partial charge in [0, 0.05) is 13.5 Å². The van der Waals surface area contributed by atoms with Crippen LogP contribution in [-0.4, -0.2) is 46.9 Å². The maximum atomic E-state index is 12.4. The summed E-state index contributed by atoms with van der Waals surface area (Å²) in [5, 5.41) is 18.4. The molecule has 0 radical (unpaired) electrons. The minimum atomic E-state index is -0.901. The Morgan fingerprint density at radius 1 is 1.17 bits per heavy atom. The molecule has 5 heteroatoms. The molecule has 30 heavy (non-hydrogen) atoms. The third-order valence-electron chi connectivity index (χ3n) is 5.77. The van der Waals surface area contributed by atoms with Crippen molar-refractivity contribution >= 4 is 11.5 Å². The highest BCUT2D eigenvalue weighted by Crippen LogP contribution is 2.41. The van der Waals surface area contributed by atoms with Crippen LogP contribution in [0.4, 0.5) is 0 Å². The van der Waals surface area contributed by atoms with Crippen LogP contribution >= 0.6 is 0 Å². The van der Waals surface area contributed by atoms with E-state index in [0.29, 0.717) is 12.3 Å². The predicted octanol–water partition coefficient (Wildman–Crippen LogP) is 3.80. The monoisotopic (exact) mass is 409 g/mol. The molecule has 2 unspecified atom stereocenters. The van der Waals surface area contributed by atoms with E-state index in [4.69, 9.17) is 9.84 Å². The molecule has 2 aromatic rings. The summed E-state index contributed by atoms with van der Waals surface area (Å²) in [7, 11) is 0. The van der Waals surface area contributed by atoms with E-state index >= 15 is 0 Å². The van der Waals surface area contributed by atoms with Crippen molar-refractivity contribution in [3.63, 3.8) is 0 Å². The molecule has 2 aromatic carbocycles. The topological polar surface area (TPSA) is 70.0 Å². The summed E-state index contributed by atoms with van der Waals surface area (Å²) >= 11 is 0. The Kier molecular flexibility index (Phi) is 6.95. The maximum Gasteiger partial charge on any atom is 0.220 e. The maximum absolute atomic E-state index is 12.4. The van der Waals surface area contributed by atoms with Crippen LogP contribution in [0.5, 0.6) is 5.75 Å². The Labute approximate surface area is 178 Å². The second-order valence-corrected chi connectivity index (χ2v) is 8.06. The van der Waals surface area contributed by atoms with Gasteiger partial charge in [0.2, 0.25) is 5.91 Å². The second kappa shape index (κ2) is 9.45. The molecular formula is C25H31NO4. The summed E-state index contributed by atoms with van der Waals surface area (Å²) in [5.41, 5.74) is 7.27. The van der Waals surface area contributed by atoms with Crippen molar-refractivity contribution in [1.82, 2.24) is 4.90 Å². The zero-order valence-electron chi connectivity index (χ0n) is 18.2. The molecule has 0 spiro atoms. The van der Waals surface area contributed by atoms with Gasteiger partial charge < -0.3 is 19.8 Å². The fourth-order valence-corrected chi connectivity index (χ4v) is 4.13. The van der Waals surface area contributed by atoms with Crippen LogP contribution in [0.3, 0.4) is 0 Å². The molecule has 1 heterocycles. The van der Waals surface area contributed by atoms with Crippen molar-refractivity contribution in [1.29, 1.82) is 0 Å². The predicted molar refractivity (Wildman–Crippen MR) is 118 cm³/mol. The first-order valence-electron chi connectivity index (χ1n) is 10.4. The van der Waals surface area contributed by atoms with Crippen LogP contribution in [0.1, 0.15) is 48.6 Å². The minimum Gasteiger partial charge on any atom is -0.491 e. The lowest BCUT2D eigenvalue weighted by Gasteiger charge is -2.38. The molecule has 0 bridgehead atoms. The van der Waals surface area contributed by atoms with Gasteiger partial charge in [-0.2, -0.15) is 0 Å². The van der Waals surface area contributed by atoms with Gasteiger partial charge in [-0.05, 0) is 67.2 Å². The number of nitrogens with zero attached hydrogens (tertiary/aromatic N) is 1. The van der Waals surface area contributed by atoms with Gasteiger partial charge in [0.15, 0.2) is 0 Å². The van der Waals surface area contributed by atoms with E-state index in [9.17, 15) is 9.90 Å². The molecule has 3 rings (SSSR count). The van der Waals surface area contributed by atoms with Crippen LogP contribution in [0.25, 0.3) is 5.57 Å². The van der Waals surface area contributed by atoms with Gasteiger partial charge in [0.05, 0.1) is 12.6 Å². The van der Waals surface area contributed by atoms with E-state index in [2.05, 4.69) is 39.0 Å². The van der Waals surface area contributed by atoms with Gasteiger partial charge in [-0.15, -0.1) is 0 Å². The van der Waals surface area contributed by atoms with E-state index in [1.54, 1.807) is 6.92 Å².